The lowest BCUT2D eigenvalue weighted by molar-refractivity contribution is 0.0650. The van der Waals surface area contributed by atoms with Gasteiger partial charge in [-0.2, -0.15) is 0 Å². The van der Waals surface area contributed by atoms with Crippen LogP contribution < -0.4 is 5.73 Å². The smallest absolute Gasteiger partial charge is 0.145 e. The number of likely N-dealkylation sites (N-methyl/N-ethyl adjacent to an activating group) is 1. The van der Waals surface area contributed by atoms with Crippen LogP contribution in [0.5, 0.6) is 0 Å². The highest BCUT2D eigenvalue weighted by atomic mass is 19.1. The number of alkyl halides is 1. The Kier molecular flexibility index (Phi) is 8.01. The van der Waals surface area contributed by atoms with E-state index in [1.807, 2.05) is 21.0 Å². The molecule has 1 heterocycles. The molecule has 6 heteroatoms. The molecule has 1 aromatic rings. The van der Waals surface area contributed by atoms with Crippen LogP contribution in [0.3, 0.4) is 0 Å². The molecule has 0 radical (unpaired) electrons. The SMILES string of the molecule is COC(C)c1ccc(C2=NOC(CN(C)C)C2)cc1.NCF. The molecule has 0 aromatic heterocycles. The average molecular weight is 311 g/mol. The summed E-state index contributed by atoms with van der Waals surface area (Å²) in [5.74, 6) is 0. The van der Waals surface area contributed by atoms with E-state index in [4.69, 9.17) is 9.57 Å². The van der Waals surface area contributed by atoms with Gasteiger partial charge in [-0.15, -0.1) is 0 Å². The van der Waals surface area contributed by atoms with E-state index in [9.17, 15) is 4.39 Å². The zero-order valence-corrected chi connectivity index (χ0v) is 13.8. The van der Waals surface area contributed by atoms with Crippen LogP contribution in [-0.4, -0.2) is 51.3 Å². The molecule has 2 unspecified atom stereocenters. The quantitative estimate of drug-likeness (QED) is 0.848. The fourth-order valence-electron chi connectivity index (χ4n) is 2.19. The Hall–Kier alpha value is -1.50. The van der Waals surface area contributed by atoms with Gasteiger partial charge in [-0.05, 0) is 32.1 Å². The molecule has 1 aliphatic rings. The van der Waals surface area contributed by atoms with Gasteiger partial charge < -0.3 is 20.2 Å². The van der Waals surface area contributed by atoms with Crippen LogP contribution in [-0.2, 0) is 9.57 Å². The monoisotopic (exact) mass is 311 g/mol. The number of nitrogens with zero attached hydrogens (tertiary/aromatic N) is 2. The van der Waals surface area contributed by atoms with Crippen molar-refractivity contribution in [3.05, 3.63) is 35.4 Å². The first kappa shape index (κ1) is 18.5. The number of ether oxygens (including phenoxy) is 1. The second kappa shape index (κ2) is 9.50. The third kappa shape index (κ3) is 5.71. The number of oxime groups is 1. The van der Waals surface area contributed by atoms with Crippen molar-refractivity contribution < 1.29 is 14.0 Å². The van der Waals surface area contributed by atoms with E-state index in [1.165, 1.54) is 5.56 Å². The Bertz CT molecular complexity index is 463. The van der Waals surface area contributed by atoms with Crippen LogP contribution in [0.4, 0.5) is 4.39 Å². The molecule has 0 bridgehead atoms. The zero-order valence-electron chi connectivity index (χ0n) is 13.8. The number of hydrogen-bond donors (Lipinski definition) is 1. The second-order valence-electron chi connectivity index (χ2n) is 5.39. The lowest BCUT2D eigenvalue weighted by atomic mass is 10.0. The van der Waals surface area contributed by atoms with Gasteiger partial charge in [0.1, 0.15) is 12.9 Å². The first-order chi connectivity index (χ1) is 10.5. The van der Waals surface area contributed by atoms with Crippen molar-refractivity contribution in [1.82, 2.24) is 4.90 Å². The van der Waals surface area contributed by atoms with Crippen molar-refractivity contribution >= 4 is 5.71 Å². The predicted molar refractivity (Wildman–Crippen MR) is 86.6 cm³/mol. The van der Waals surface area contributed by atoms with Crippen LogP contribution in [0, 0.1) is 0 Å². The molecular formula is C16H26FN3O2. The van der Waals surface area contributed by atoms with Gasteiger partial charge in [-0.3, -0.25) is 0 Å². The fraction of sp³-hybridized carbons (Fsp3) is 0.562. The molecular weight excluding hydrogens is 285 g/mol. The molecule has 1 aliphatic heterocycles. The molecule has 2 atom stereocenters. The fourth-order valence-corrected chi connectivity index (χ4v) is 2.19. The normalized spacial score (nSPS) is 18.3. The lowest BCUT2D eigenvalue weighted by Gasteiger charge is -2.13. The summed E-state index contributed by atoms with van der Waals surface area (Å²) in [6, 6.07) is 8.35. The highest BCUT2D eigenvalue weighted by Gasteiger charge is 2.22. The largest absolute Gasteiger partial charge is 0.390 e. The molecule has 124 valence electrons. The van der Waals surface area contributed by atoms with E-state index < -0.39 is 6.80 Å². The van der Waals surface area contributed by atoms with Gasteiger partial charge in [0.2, 0.25) is 0 Å². The van der Waals surface area contributed by atoms with Gasteiger partial charge in [0.15, 0.2) is 0 Å². The highest BCUT2D eigenvalue weighted by molar-refractivity contribution is 6.01. The van der Waals surface area contributed by atoms with Crippen LogP contribution in [0.2, 0.25) is 0 Å². The first-order valence-corrected chi connectivity index (χ1v) is 7.28. The molecule has 0 saturated carbocycles. The molecule has 0 spiro atoms. The minimum absolute atomic E-state index is 0.123. The van der Waals surface area contributed by atoms with Crippen LogP contribution in [0.15, 0.2) is 29.4 Å². The maximum absolute atomic E-state index is 10.1. The molecule has 2 rings (SSSR count). The van der Waals surface area contributed by atoms with Gasteiger partial charge in [-0.25, -0.2) is 4.39 Å². The van der Waals surface area contributed by atoms with Crippen molar-refractivity contribution in [2.75, 3.05) is 34.5 Å². The Balaban J connectivity index is 0.000000745. The number of rotatable bonds is 5. The van der Waals surface area contributed by atoms with Crippen molar-refractivity contribution in [1.29, 1.82) is 0 Å². The Morgan fingerprint density at radius 3 is 2.50 bits per heavy atom. The Labute approximate surface area is 131 Å². The summed E-state index contributed by atoms with van der Waals surface area (Å²) >= 11 is 0. The van der Waals surface area contributed by atoms with Gasteiger partial charge in [0.05, 0.1) is 11.8 Å². The highest BCUT2D eigenvalue weighted by Crippen LogP contribution is 2.20. The molecule has 0 aliphatic carbocycles. The van der Waals surface area contributed by atoms with E-state index >= 15 is 0 Å². The van der Waals surface area contributed by atoms with E-state index in [-0.39, 0.29) is 12.2 Å². The summed E-state index contributed by atoms with van der Waals surface area (Å²) in [4.78, 5) is 7.57. The third-order valence-corrected chi connectivity index (χ3v) is 3.37. The standard InChI is InChI=1S/C15H22N2O2.CH4FN/c1-11(18-4)12-5-7-13(8-6-12)15-9-14(19-16-15)10-17(2)3;2-1-3/h5-8,11,14H,9-10H2,1-4H3;1,3H2. The van der Waals surface area contributed by atoms with Crippen LogP contribution in [0.1, 0.15) is 30.6 Å². The van der Waals surface area contributed by atoms with Gasteiger partial charge >= 0.3 is 0 Å². The summed E-state index contributed by atoms with van der Waals surface area (Å²) in [5.41, 5.74) is 7.52. The maximum atomic E-state index is 10.1. The molecule has 0 saturated heterocycles. The summed E-state index contributed by atoms with van der Waals surface area (Å²) in [6.45, 7) is 2.18. The number of hydrogen-bond acceptors (Lipinski definition) is 5. The van der Waals surface area contributed by atoms with Crippen molar-refractivity contribution in [3.8, 4) is 0 Å². The molecule has 0 fully saturated rings. The molecule has 1 aromatic carbocycles. The predicted octanol–water partition coefficient (Wildman–Crippen LogP) is 2.32. The Morgan fingerprint density at radius 2 is 2.00 bits per heavy atom. The number of nitrogens with two attached hydrogens (primary N) is 1. The van der Waals surface area contributed by atoms with E-state index in [1.54, 1.807) is 7.11 Å². The lowest BCUT2D eigenvalue weighted by Crippen LogP contribution is -2.26. The average Bonchev–Trinajstić information content (AvgIpc) is 2.95. The van der Waals surface area contributed by atoms with Crippen LogP contribution in [0.25, 0.3) is 0 Å². The van der Waals surface area contributed by atoms with E-state index in [2.05, 4.69) is 40.1 Å². The third-order valence-electron chi connectivity index (χ3n) is 3.37. The van der Waals surface area contributed by atoms with Gasteiger partial charge in [-0.1, -0.05) is 29.4 Å². The minimum Gasteiger partial charge on any atom is -0.390 e. The summed E-state index contributed by atoms with van der Waals surface area (Å²) in [6.07, 6.45) is 1.16. The molecule has 2 N–H and O–H groups in total. The maximum Gasteiger partial charge on any atom is 0.145 e. The first-order valence-electron chi connectivity index (χ1n) is 7.28. The second-order valence-corrected chi connectivity index (χ2v) is 5.39. The van der Waals surface area contributed by atoms with Crippen LogP contribution >= 0.6 is 0 Å². The number of methoxy groups -OCH3 is 1. The van der Waals surface area contributed by atoms with Gasteiger partial charge in [0, 0.05) is 20.1 Å². The van der Waals surface area contributed by atoms with Crippen molar-refractivity contribution in [2.24, 2.45) is 10.9 Å². The number of halogens is 1. The van der Waals surface area contributed by atoms with E-state index in [0.29, 0.717) is 0 Å². The van der Waals surface area contributed by atoms with E-state index in [0.717, 1.165) is 24.2 Å². The van der Waals surface area contributed by atoms with Crippen molar-refractivity contribution in [2.45, 2.75) is 25.6 Å². The topological polar surface area (TPSA) is 60.1 Å². The van der Waals surface area contributed by atoms with Crippen molar-refractivity contribution in [3.63, 3.8) is 0 Å². The molecule has 0 amide bonds. The summed E-state index contributed by atoms with van der Waals surface area (Å²) in [7, 11) is 5.81. The Morgan fingerprint density at radius 1 is 1.41 bits per heavy atom. The number of benzene rings is 1. The zero-order chi connectivity index (χ0) is 16.5. The summed E-state index contributed by atoms with van der Waals surface area (Å²) in [5, 5.41) is 4.19. The molecule has 22 heavy (non-hydrogen) atoms. The minimum atomic E-state index is -0.750. The summed E-state index contributed by atoms with van der Waals surface area (Å²) < 4.78 is 15.4. The molecule has 5 nitrogen and oxygen atoms in total. The van der Waals surface area contributed by atoms with Gasteiger partial charge in [0.25, 0.3) is 0 Å².